The van der Waals surface area contributed by atoms with Gasteiger partial charge in [0, 0.05) is 16.8 Å². The molecule has 0 spiro atoms. The lowest BCUT2D eigenvalue weighted by molar-refractivity contribution is -0.114. The number of thiazole rings is 1. The second-order valence-electron chi connectivity index (χ2n) is 8.14. The van der Waals surface area contributed by atoms with Crippen LogP contribution in [0.3, 0.4) is 0 Å². The van der Waals surface area contributed by atoms with Gasteiger partial charge in [-0.1, -0.05) is 53.8 Å². The molecule has 0 bridgehead atoms. The molecule has 0 saturated carbocycles. The normalized spacial score (nSPS) is 15.9. The van der Waals surface area contributed by atoms with Crippen molar-refractivity contribution in [3.05, 3.63) is 103 Å². The molecular weight excluding hydrogens is 448 g/mol. The van der Waals surface area contributed by atoms with E-state index in [1.165, 1.54) is 18.3 Å². The van der Waals surface area contributed by atoms with Gasteiger partial charge in [0.1, 0.15) is 11.5 Å². The molecule has 0 amide bonds. The average molecular weight is 471 g/mol. The summed E-state index contributed by atoms with van der Waals surface area (Å²) in [6.45, 7) is 3.30. The quantitative estimate of drug-likeness (QED) is 0.493. The number of fused-ring (bicyclic) bond motifs is 2. The molecule has 1 atom stereocenters. The number of nitrogens with zero attached hydrogens (tertiary/aromatic N) is 2. The third-order valence-corrected chi connectivity index (χ3v) is 6.98. The zero-order chi connectivity index (χ0) is 24.0. The first-order valence-electron chi connectivity index (χ1n) is 10.8. The van der Waals surface area contributed by atoms with Crippen LogP contribution < -0.4 is 19.6 Å². The summed E-state index contributed by atoms with van der Waals surface area (Å²) in [7, 11) is 1.59. The minimum Gasteiger partial charge on any atom is -0.508 e. The molecule has 5 rings (SSSR count). The largest absolute Gasteiger partial charge is 0.508 e. The number of methoxy groups -OCH3 is 1. The molecular formula is C27H22N2O4S. The molecule has 1 aliphatic rings. The Morgan fingerprint density at radius 3 is 2.68 bits per heavy atom. The van der Waals surface area contributed by atoms with Crippen molar-refractivity contribution < 1.29 is 14.6 Å². The number of hydrogen-bond donors (Lipinski definition) is 1. The van der Waals surface area contributed by atoms with Crippen molar-refractivity contribution in [1.29, 1.82) is 0 Å². The van der Waals surface area contributed by atoms with Crippen LogP contribution in [-0.2, 0) is 4.79 Å². The van der Waals surface area contributed by atoms with Gasteiger partial charge in [-0.3, -0.25) is 14.2 Å². The van der Waals surface area contributed by atoms with E-state index in [0.717, 1.165) is 16.3 Å². The topological polar surface area (TPSA) is 80.9 Å². The van der Waals surface area contributed by atoms with E-state index in [2.05, 4.69) is 4.99 Å². The SMILES string of the molecule is COc1ccc2ccccc2c1C1C(C(C)=O)=C(C)N=c2s/c(=C/c3cccc(O)c3)c(=O)n21. The highest BCUT2D eigenvalue weighted by Crippen LogP contribution is 2.40. The summed E-state index contributed by atoms with van der Waals surface area (Å²) in [6.07, 6.45) is 1.73. The van der Waals surface area contributed by atoms with E-state index >= 15 is 0 Å². The molecule has 0 saturated heterocycles. The van der Waals surface area contributed by atoms with E-state index < -0.39 is 6.04 Å². The molecule has 0 radical (unpaired) electrons. The Kier molecular flexibility index (Phi) is 5.42. The van der Waals surface area contributed by atoms with E-state index in [9.17, 15) is 14.7 Å². The van der Waals surface area contributed by atoms with Crippen molar-refractivity contribution in [1.82, 2.24) is 4.57 Å². The predicted octanol–water partition coefficient (Wildman–Crippen LogP) is 3.69. The zero-order valence-corrected chi connectivity index (χ0v) is 19.7. The number of ketones is 1. The van der Waals surface area contributed by atoms with Crippen LogP contribution in [0.2, 0.25) is 0 Å². The van der Waals surface area contributed by atoms with Gasteiger partial charge in [0.05, 0.1) is 17.7 Å². The van der Waals surface area contributed by atoms with Gasteiger partial charge in [0.25, 0.3) is 5.56 Å². The van der Waals surface area contributed by atoms with Gasteiger partial charge in [-0.25, -0.2) is 4.99 Å². The van der Waals surface area contributed by atoms with Crippen molar-refractivity contribution >= 4 is 34.0 Å². The standard InChI is InChI=1S/C27H22N2O4S/c1-15-23(16(2)30)25(24-20-10-5-4-8-18(20)11-12-21(24)33-3)29-26(32)22(34-27(29)28-15)14-17-7-6-9-19(31)13-17/h4-14,25,31H,1-3H3/b22-14+. The van der Waals surface area contributed by atoms with Crippen molar-refractivity contribution in [2.75, 3.05) is 7.11 Å². The molecule has 0 fully saturated rings. The molecule has 1 unspecified atom stereocenters. The Morgan fingerprint density at radius 1 is 1.15 bits per heavy atom. The van der Waals surface area contributed by atoms with Crippen LogP contribution in [0.5, 0.6) is 11.5 Å². The Hall–Kier alpha value is -3.97. The van der Waals surface area contributed by atoms with E-state index in [1.807, 2.05) is 42.5 Å². The van der Waals surface area contributed by atoms with Gasteiger partial charge in [-0.15, -0.1) is 0 Å². The van der Waals surface area contributed by atoms with Crippen molar-refractivity contribution in [2.24, 2.45) is 4.99 Å². The van der Waals surface area contributed by atoms with E-state index in [-0.39, 0.29) is 17.1 Å². The molecule has 3 aromatic carbocycles. The number of aromatic hydroxyl groups is 1. The number of ether oxygens (including phenoxy) is 1. The number of hydrogen-bond acceptors (Lipinski definition) is 6. The number of allylic oxidation sites excluding steroid dienone is 2. The Bertz CT molecular complexity index is 1680. The van der Waals surface area contributed by atoms with Crippen LogP contribution in [0.25, 0.3) is 16.8 Å². The zero-order valence-electron chi connectivity index (χ0n) is 18.9. The molecule has 0 aliphatic carbocycles. The minimum atomic E-state index is -0.680. The molecule has 34 heavy (non-hydrogen) atoms. The maximum atomic E-state index is 13.7. The van der Waals surface area contributed by atoms with Crippen LogP contribution in [0, 0.1) is 0 Å². The molecule has 1 aliphatic heterocycles. The van der Waals surface area contributed by atoms with Crippen LogP contribution in [0.1, 0.15) is 31.0 Å². The first kappa shape index (κ1) is 21.9. The summed E-state index contributed by atoms with van der Waals surface area (Å²) in [5.74, 6) is 0.567. The van der Waals surface area contributed by atoms with Crippen molar-refractivity contribution in [3.8, 4) is 11.5 Å². The summed E-state index contributed by atoms with van der Waals surface area (Å²) in [5, 5.41) is 11.7. The summed E-state index contributed by atoms with van der Waals surface area (Å²) >= 11 is 1.26. The van der Waals surface area contributed by atoms with Crippen molar-refractivity contribution in [2.45, 2.75) is 19.9 Å². The fraction of sp³-hybridized carbons (Fsp3) is 0.148. The molecule has 1 N–H and O–H groups in total. The highest BCUT2D eigenvalue weighted by atomic mass is 32.1. The number of phenolic OH excluding ortho intramolecular Hbond substituents is 1. The predicted molar refractivity (Wildman–Crippen MR) is 133 cm³/mol. The number of carbonyl (C=O) groups is 1. The van der Waals surface area contributed by atoms with Gasteiger partial charge in [0.2, 0.25) is 0 Å². The lowest BCUT2D eigenvalue weighted by atomic mass is 9.89. The van der Waals surface area contributed by atoms with Crippen LogP contribution >= 0.6 is 11.3 Å². The fourth-order valence-electron chi connectivity index (χ4n) is 4.55. The maximum Gasteiger partial charge on any atom is 0.271 e. The number of aromatic nitrogens is 1. The number of benzene rings is 3. The number of rotatable bonds is 4. The lowest BCUT2D eigenvalue weighted by Gasteiger charge is -2.27. The molecule has 170 valence electrons. The monoisotopic (exact) mass is 470 g/mol. The van der Waals surface area contributed by atoms with Gasteiger partial charge in [-0.2, -0.15) is 0 Å². The second-order valence-corrected chi connectivity index (χ2v) is 9.14. The molecule has 4 aromatic rings. The number of Topliss-reactive ketones (excluding diaryl/α,β-unsaturated/α-hetero) is 1. The smallest absolute Gasteiger partial charge is 0.271 e. The third-order valence-electron chi connectivity index (χ3n) is 5.99. The van der Waals surface area contributed by atoms with Gasteiger partial charge in [-0.05, 0) is 54.5 Å². The fourth-order valence-corrected chi connectivity index (χ4v) is 5.59. The number of carbonyl (C=O) groups excluding carboxylic acids is 1. The summed E-state index contributed by atoms with van der Waals surface area (Å²) in [6, 6.07) is 17.7. The second kappa shape index (κ2) is 8.43. The highest BCUT2D eigenvalue weighted by molar-refractivity contribution is 7.07. The Balaban J connectivity index is 1.87. The number of phenols is 1. The molecule has 7 heteroatoms. The van der Waals surface area contributed by atoms with Crippen LogP contribution in [0.15, 0.2) is 81.7 Å². The lowest BCUT2D eigenvalue weighted by Crippen LogP contribution is -2.39. The summed E-state index contributed by atoms with van der Waals surface area (Å²) < 4.78 is 7.78. The molecule has 2 heterocycles. The summed E-state index contributed by atoms with van der Waals surface area (Å²) in [5.41, 5.74) is 2.25. The van der Waals surface area contributed by atoms with E-state index in [4.69, 9.17) is 4.74 Å². The van der Waals surface area contributed by atoms with Crippen LogP contribution in [0.4, 0.5) is 0 Å². The minimum absolute atomic E-state index is 0.120. The first-order chi connectivity index (χ1) is 16.4. The van der Waals surface area contributed by atoms with Gasteiger partial charge < -0.3 is 9.84 Å². The first-order valence-corrected chi connectivity index (χ1v) is 11.6. The highest BCUT2D eigenvalue weighted by Gasteiger charge is 2.33. The van der Waals surface area contributed by atoms with Crippen molar-refractivity contribution in [3.63, 3.8) is 0 Å². The summed E-state index contributed by atoms with van der Waals surface area (Å²) in [4.78, 5) is 31.8. The van der Waals surface area contributed by atoms with E-state index in [1.54, 1.807) is 42.9 Å². The Labute approximate surface area is 199 Å². The molecule has 6 nitrogen and oxygen atoms in total. The maximum absolute atomic E-state index is 13.7. The molecule has 1 aromatic heterocycles. The Morgan fingerprint density at radius 2 is 1.94 bits per heavy atom. The van der Waals surface area contributed by atoms with Gasteiger partial charge >= 0.3 is 0 Å². The average Bonchev–Trinajstić information content (AvgIpc) is 3.11. The van der Waals surface area contributed by atoms with E-state index in [0.29, 0.717) is 31.9 Å². The van der Waals surface area contributed by atoms with Gasteiger partial charge in [0.15, 0.2) is 10.6 Å². The third kappa shape index (κ3) is 3.54. The van der Waals surface area contributed by atoms with Crippen LogP contribution in [-0.4, -0.2) is 22.6 Å².